The summed E-state index contributed by atoms with van der Waals surface area (Å²) in [5.74, 6) is 0.601. The van der Waals surface area contributed by atoms with Gasteiger partial charge in [-0.3, -0.25) is 4.79 Å². The number of nitrogens with one attached hydrogen (secondary N) is 1. The Kier molecular flexibility index (Phi) is 6.85. The summed E-state index contributed by atoms with van der Waals surface area (Å²) in [5, 5.41) is 14.5. The summed E-state index contributed by atoms with van der Waals surface area (Å²) in [6, 6.07) is 13.1. The van der Waals surface area contributed by atoms with Gasteiger partial charge < -0.3 is 29.0 Å². The number of rotatable bonds is 5. The molecule has 6 rings (SSSR count). The van der Waals surface area contributed by atoms with Crippen LogP contribution in [0.5, 0.6) is 0 Å². The molecule has 2 aliphatic heterocycles. The van der Waals surface area contributed by atoms with Crippen LogP contribution >= 0.6 is 11.6 Å². The van der Waals surface area contributed by atoms with Gasteiger partial charge in [-0.05, 0) is 61.6 Å². The lowest BCUT2D eigenvalue weighted by atomic mass is 9.79. The number of pyridine rings is 1. The van der Waals surface area contributed by atoms with E-state index >= 15 is 0 Å². The van der Waals surface area contributed by atoms with Crippen LogP contribution in [-0.2, 0) is 16.0 Å². The van der Waals surface area contributed by atoms with E-state index in [1.54, 1.807) is 6.07 Å². The average Bonchev–Trinajstić information content (AvgIpc) is 3.31. The van der Waals surface area contributed by atoms with Crippen molar-refractivity contribution in [3.05, 3.63) is 80.1 Å². The van der Waals surface area contributed by atoms with Crippen molar-refractivity contribution < 1.29 is 18.8 Å². The molecule has 0 amide bonds. The van der Waals surface area contributed by atoms with Crippen LogP contribution in [-0.4, -0.2) is 43.4 Å². The van der Waals surface area contributed by atoms with Gasteiger partial charge in [-0.15, -0.1) is 0 Å². The zero-order valence-electron chi connectivity index (χ0n) is 22.1. The van der Waals surface area contributed by atoms with Gasteiger partial charge in [-0.1, -0.05) is 29.8 Å². The van der Waals surface area contributed by atoms with Crippen molar-refractivity contribution >= 4 is 46.7 Å². The van der Waals surface area contributed by atoms with Crippen molar-refractivity contribution in [2.75, 3.05) is 36.5 Å². The molecular weight excluding hydrogens is 517 g/mol. The molecule has 0 spiro atoms. The first-order valence-corrected chi connectivity index (χ1v) is 13.4. The number of ether oxygens (including phenoxy) is 1. The van der Waals surface area contributed by atoms with Gasteiger partial charge in [0.15, 0.2) is 5.43 Å². The summed E-state index contributed by atoms with van der Waals surface area (Å²) >= 11 is 6.32. The van der Waals surface area contributed by atoms with Crippen molar-refractivity contribution in [3.63, 3.8) is 0 Å². The highest BCUT2D eigenvalue weighted by Crippen LogP contribution is 2.35. The molecule has 4 heterocycles. The molecule has 10 heteroatoms. The predicted octanol–water partition coefficient (Wildman–Crippen LogP) is 4.35. The summed E-state index contributed by atoms with van der Waals surface area (Å²) in [7, 11) is -0.908. The molecule has 1 unspecified atom stereocenters. The van der Waals surface area contributed by atoms with E-state index in [-0.39, 0.29) is 11.5 Å². The summed E-state index contributed by atoms with van der Waals surface area (Å²) in [5.41, 5.74) is 7.01. The highest BCUT2D eigenvalue weighted by atomic mass is 35.5. The molecule has 2 N–H and O–H groups in total. The number of morpholine rings is 1. The third-order valence-corrected chi connectivity index (χ3v) is 7.65. The van der Waals surface area contributed by atoms with E-state index in [2.05, 4.69) is 21.3 Å². The van der Waals surface area contributed by atoms with Crippen LogP contribution in [0.2, 0.25) is 5.15 Å². The molecule has 2 aromatic heterocycles. The first-order valence-electron chi connectivity index (χ1n) is 13.1. The van der Waals surface area contributed by atoms with Crippen LogP contribution in [0.15, 0.2) is 51.7 Å². The number of aryl methyl sites for hydroxylation is 1. The van der Waals surface area contributed by atoms with Gasteiger partial charge >= 0.3 is 7.12 Å². The quantitative estimate of drug-likeness (QED) is 0.282. The lowest BCUT2D eigenvalue weighted by Crippen LogP contribution is -2.37. The number of halogens is 1. The molecular formula is C29H29BClN3O5. The third kappa shape index (κ3) is 4.80. The molecule has 2 aliphatic rings. The Hall–Kier alpha value is -3.37. The Morgan fingerprint density at radius 3 is 2.72 bits per heavy atom. The number of aromatic nitrogens is 1. The van der Waals surface area contributed by atoms with Crippen molar-refractivity contribution in [2.45, 2.75) is 33.4 Å². The molecule has 0 radical (unpaired) electrons. The normalized spacial score (nSPS) is 16.0. The minimum atomic E-state index is -0.908. The number of hydrogen-bond donors (Lipinski definition) is 2. The maximum atomic E-state index is 13.5. The Labute approximate surface area is 231 Å². The van der Waals surface area contributed by atoms with Crippen LogP contribution in [0.1, 0.15) is 35.2 Å². The van der Waals surface area contributed by atoms with Crippen molar-refractivity contribution in [3.8, 4) is 11.3 Å². The lowest BCUT2D eigenvalue weighted by molar-refractivity contribution is 0.120. The van der Waals surface area contributed by atoms with Gasteiger partial charge in [0.2, 0.25) is 5.88 Å². The molecule has 2 aromatic carbocycles. The van der Waals surface area contributed by atoms with Gasteiger partial charge in [-0.2, -0.15) is 0 Å². The fraction of sp³-hybridized carbons (Fsp3) is 0.310. The third-order valence-electron chi connectivity index (χ3n) is 7.44. The summed E-state index contributed by atoms with van der Waals surface area (Å²) in [4.78, 5) is 20.2. The van der Waals surface area contributed by atoms with Crippen molar-refractivity contribution in [1.29, 1.82) is 0 Å². The van der Waals surface area contributed by atoms with E-state index in [1.807, 2.05) is 51.1 Å². The fourth-order valence-corrected chi connectivity index (χ4v) is 5.55. The maximum Gasteiger partial charge on any atom is 0.491 e. The first kappa shape index (κ1) is 25.9. The number of hydrogen-bond acceptors (Lipinski definition) is 8. The molecule has 4 aromatic rings. The second kappa shape index (κ2) is 10.3. The van der Waals surface area contributed by atoms with Crippen LogP contribution in [0.3, 0.4) is 0 Å². The van der Waals surface area contributed by atoms with E-state index in [0.717, 1.165) is 33.4 Å². The fourth-order valence-electron chi connectivity index (χ4n) is 5.41. The van der Waals surface area contributed by atoms with Crippen LogP contribution in [0.25, 0.3) is 22.2 Å². The standard InChI is InChI=1S/C29H29BClN3O5/c1-16-12-21(28-22(13-16)27(35)17(2)29(39-28)34-8-10-37-11-9-34)18(3)32-24-6-7-25(31)33-26(24)19-4-5-23-20(14-19)15-38-30(23)36/h4-7,12-14,18,32,36H,8-11,15H2,1-3H3. The molecule has 1 saturated heterocycles. The van der Waals surface area contributed by atoms with Gasteiger partial charge in [-0.25, -0.2) is 4.98 Å². The Morgan fingerprint density at radius 1 is 1.13 bits per heavy atom. The molecule has 39 heavy (non-hydrogen) atoms. The van der Waals surface area contributed by atoms with Crippen LogP contribution < -0.4 is 21.1 Å². The van der Waals surface area contributed by atoms with E-state index in [1.165, 1.54) is 0 Å². The van der Waals surface area contributed by atoms with Gasteiger partial charge in [0.25, 0.3) is 0 Å². The lowest BCUT2D eigenvalue weighted by Gasteiger charge is -2.29. The Bertz CT molecular complexity index is 1640. The van der Waals surface area contributed by atoms with Gasteiger partial charge in [0.1, 0.15) is 10.7 Å². The minimum absolute atomic E-state index is 0.0220. The number of nitrogens with zero attached hydrogens (tertiary/aromatic N) is 2. The first-order chi connectivity index (χ1) is 18.8. The van der Waals surface area contributed by atoms with E-state index < -0.39 is 7.12 Å². The van der Waals surface area contributed by atoms with Crippen molar-refractivity contribution in [2.24, 2.45) is 0 Å². The SMILES string of the molecule is Cc1cc(C(C)Nc2ccc(Cl)nc2-c2ccc3c(c2)COB3O)c2oc(N3CCOCC3)c(C)c(=O)c2c1. The second-order valence-electron chi connectivity index (χ2n) is 10.2. The molecule has 0 saturated carbocycles. The maximum absolute atomic E-state index is 13.5. The van der Waals surface area contributed by atoms with Crippen LogP contribution in [0, 0.1) is 13.8 Å². The van der Waals surface area contributed by atoms with Crippen LogP contribution in [0.4, 0.5) is 11.6 Å². The highest BCUT2D eigenvalue weighted by Gasteiger charge is 2.28. The smallest absolute Gasteiger partial charge is 0.440 e. The molecule has 1 atom stereocenters. The second-order valence-corrected chi connectivity index (χ2v) is 10.6. The van der Waals surface area contributed by atoms with Gasteiger partial charge in [0, 0.05) is 24.2 Å². The Morgan fingerprint density at radius 2 is 1.92 bits per heavy atom. The number of fused-ring (bicyclic) bond motifs is 2. The van der Waals surface area contributed by atoms with Gasteiger partial charge in [0.05, 0.1) is 48.2 Å². The number of anilines is 2. The Balaban J connectivity index is 1.41. The average molecular weight is 546 g/mol. The summed E-state index contributed by atoms with van der Waals surface area (Å²) in [6.45, 7) is 8.72. The largest absolute Gasteiger partial charge is 0.491 e. The summed E-state index contributed by atoms with van der Waals surface area (Å²) < 4.78 is 17.4. The minimum Gasteiger partial charge on any atom is -0.440 e. The van der Waals surface area contributed by atoms with E-state index in [0.29, 0.717) is 66.2 Å². The molecule has 200 valence electrons. The van der Waals surface area contributed by atoms with E-state index in [9.17, 15) is 9.82 Å². The topological polar surface area (TPSA) is 97.1 Å². The molecule has 8 nitrogen and oxygen atoms in total. The predicted molar refractivity (Wildman–Crippen MR) is 154 cm³/mol. The number of benzene rings is 2. The monoisotopic (exact) mass is 545 g/mol. The summed E-state index contributed by atoms with van der Waals surface area (Å²) in [6.07, 6.45) is 0. The molecule has 0 aliphatic carbocycles. The molecule has 1 fully saturated rings. The van der Waals surface area contributed by atoms with Crippen molar-refractivity contribution in [1.82, 2.24) is 4.98 Å². The molecule has 0 bridgehead atoms. The van der Waals surface area contributed by atoms with E-state index in [4.69, 9.17) is 25.4 Å². The highest BCUT2D eigenvalue weighted by molar-refractivity contribution is 6.61. The zero-order valence-corrected chi connectivity index (χ0v) is 22.8. The zero-order chi connectivity index (χ0) is 27.3.